The third-order valence-corrected chi connectivity index (χ3v) is 3.98. The van der Waals surface area contributed by atoms with E-state index in [1.807, 2.05) is 6.92 Å². The van der Waals surface area contributed by atoms with Gasteiger partial charge in [-0.05, 0) is 32.7 Å². The van der Waals surface area contributed by atoms with Crippen LogP contribution in [0.4, 0.5) is 0 Å². The molecule has 1 aliphatic rings. The third kappa shape index (κ3) is 2.49. The lowest BCUT2D eigenvalue weighted by molar-refractivity contribution is 0.114. The highest BCUT2D eigenvalue weighted by molar-refractivity contribution is 7.13. The third-order valence-electron chi connectivity index (χ3n) is 3.02. The Hall–Kier alpha value is -0.610. The Labute approximate surface area is 94.9 Å². The van der Waals surface area contributed by atoms with Crippen molar-refractivity contribution in [2.24, 2.45) is 5.92 Å². The van der Waals surface area contributed by atoms with Crippen LogP contribution in [-0.2, 0) is 0 Å². The first-order valence-electron chi connectivity index (χ1n) is 5.48. The number of hydrogen-bond donors (Lipinski definition) is 1. The molecule has 2 unspecified atom stereocenters. The quantitative estimate of drug-likeness (QED) is 0.839. The number of aromatic nitrogens is 1. The van der Waals surface area contributed by atoms with Crippen LogP contribution in [0.2, 0.25) is 0 Å². The zero-order valence-electron chi connectivity index (χ0n) is 9.54. The van der Waals surface area contributed by atoms with Crippen LogP contribution in [0.5, 0.6) is 5.19 Å². The minimum atomic E-state index is 0.281. The molecule has 0 aromatic carbocycles. The van der Waals surface area contributed by atoms with Gasteiger partial charge in [0.25, 0.3) is 5.19 Å². The summed E-state index contributed by atoms with van der Waals surface area (Å²) < 4.78 is 5.91. The van der Waals surface area contributed by atoms with E-state index in [-0.39, 0.29) is 6.10 Å². The molecule has 2 atom stereocenters. The molecule has 0 bridgehead atoms. The van der Waals surface area contributed by atoms with Crippen LogP contribution in [0.15, 0.2) is 0 Å². The SMILES string of the molecule is Cc1nc(OC2CNCCC2C)sc1C. The second kappa shape index (κ2) is 4.49. The number of hydrogen-bond acceptors (Lipinski definition) is 4. The molecule has 3 nitrogen and oxygen atoms in total. The largest absolute Gasteiger partial charge is 0.465 e. The second-order valence-electron chi connectivity index (χ2n) is 4.25. The molecule has 0 spiro atoms. The molecule has 2 heterocycles. The molecule has 2 rings (SSSR count). The Kier molecular flexibility index (Phi) is 3.26. The van der Waals surface area contributed by atoms with Crippen LogP contribution in [-0.4, -0.2) is 24.2 Å². The Morgan fingerprint density at radius 3 is 2.87 bits per heavy atom. The molecule has 4 heteroatoms. The summed E-state index contributed by atoms with van der Waals surface area (Å²) in [6.07, 6.45) is 1.47. The van der Waals surface area contributed by atoms with Crippen molar-refractivity contribution >= 4 is 11.3 Å². The van der Waals surface area contributed by atoms with Gasteiger partial charge >= 0.3 is 0 Å². The first-order valence-corrected chi connectivity index (χ1v) is 6.30. The molecule has 0 radical (unpaired) electrons. The van der Waals surface area contributed by atoms with Crippen molar-refractivity contribution < 1.29 is 4.74 Å². The molecular formula is C11H18N2OS. The highest BCUT2D eigenvalue weighted by Gasteiger charge is 2.23. The summed E-state index contributed by atoms with van der Waals surface area (Å²) in [6.45, 7) is 8.41. The lowest BCUT2D eigenvalue weighted by Gasteiger charge is -2.28. The first kappa shape index (κ1) is 10.9. The first-order chi connectivity index (χ1) is 7.16. The van der Waals surface area contributed by atoms with E-state index in [1.54, 1.807) is 11.3 Å². The average molecular weight is 226 g/mol. The molecule has 1 N–H and O–H groups in total. The Bertz CT molecular complexity index is 318. The zero-order valence-corrected chi connectivity index (χ0v) is 10.4. The minimum Gasteiger partial charge on any atom is -0.465 e. The second-order valence-corrected chi connectivity index (χ2v) is 5.41. The molecule has 15 heavy (non-hydrogen) atoms. The Morgan fingerprint density at radius 1 is 1.47 bits per heavy atom. The van der Waals surface area contributed by atoms with Crippen molar-refractivity contribution in [3.05, 3.63) is 10.6 Å². The lowest BCUT2D eigenvalue weighted by Crippen LogP contribution is -2.42. The van der Waals surface area contributed by atoms with E-state index in [0.29, 0.717) is 5.92 Å². The van der Waals surface area contributed by atoms with Crippen molar-refractivity contribution in [2.75, 3.05) is 13.1 Å². The van der Waals surface area contributed by atoms with Crippen LogP contribution in [0.1, 0.15) is 23.9 Å². The van der Waals surface area contributed by atoms with Gasteiger partial charge < -0.3 is 10.1 Å². The van der Waals surface area contributed by atoms with Crippen molar-refractivity contribution in [2.45, 2.75) is 33.3 Å². The zero-order chi connectivity index (χ0) is 10.8. The topological polar surface area (TPSA) is 34.1 Å². The number of nitrogens with zero attached hydrogens (tertiary/aromatic N) is 1. The normalized spacial score (nSPS) is 26.6. The van der Waals surface area contributed by atoms with Crippen LogP contribution in [0.3, 0.4) is 0 Å². The number of nitrogens with one attached hydrogen (secondary N) is 1. The Balaban J connectivity index is 2.01. The minimum absolute atomic E-state index is 0.281. The summed E-state index contributed by atoms with van der Waals surface area (Å²) in [7, 11) is 0. The maximum absolute atomic E-state index is 5.91. The number of piperidine rings is 1. The maximum atomic E-state index is 5.91. The van der Waals surface area contributed by atoms with Crippen LogP contribution in [0.25, 0.3) is 0 Å². The molecule has 84 valence electrons. The molecule has 1 aromatic heterocycles. The number of rotatable bonds is 2. The van der Waals surface area contributed by atoms with Gasteiger partial charge in [0.2, 0.25) is 0 Å². The molecule has 1 aromatic rings. The van der Waals surface area contributed by atoms with E-state index in [0.717, 1.165) is 24.0 Å². The maximum Gasteiger partial charge on any atom is 0.273 e. The molecule has 0 aliphatic carbocycles. The lowest BCUT2D eigenvalue weighted by atomic mass is 9.97. The van der Waals surface area contributed by atoms with Crippen molar-refractivity contribution in [1.29, 1.82) is 0 Å². The summed E-state index contributed by atoms with van der Waals surface area (Å²) in [5.41, 5.74) is 1.09. The van der Waals surface area contributed by atoms with Crippen molar-refractivity contribution in [3.63, 3.8) is 0 Å². The molecule has 0 amide bonds. The van der Waals surface area contributed by atoms with Gasteiger partial charge in [0.15, 0.2) is 0 Å². The van der Waals surface area contributed by atoms with Gasteiger partial charge in [-0.3, -0.25) is 0 Å². The van der Waals surface area contributed by atoms with Gasteiger partial charge in [0.1, 0.15) is 6.10 Å². The molecule has 1 saturated heterocycles. The van der Waals surface area contributed by atoms with E-state index in [9.17, 15) is 0 Å². The van der Waals surface area contributed by atoms with Gasteiger partial charge in [-0.15, -0.1) is 0 Å². The van der Waals surface area contributed by atoms with E-state index in [1.165, 1.54) is 11.3 Å². The fourth-order valence-electron chi connectivity index (χ4n) is 1.74. The highest BCUT2D eigenvalue weighted by atomic mass is 32.1. The van der Waals surface area contributed by atoms with Crippen molar-refractivity contribution in [3.8, 4) is 5.19 Å². The summed E-state index contributed by atoms with van der Waals surface area (Å²) in [4.78, 5) is 5.66. The molecule has 0 saturated carbocycles. The van der Waals surface area contributed by atoms with Gasteiger partial charge in [-0.25, -0.2) is 4.98 Å². The summed E-state index contributed by atoms with van der Waals surface area (Å²) >= 11 is 1.65. The van der Waals surface area contributed by atoms with E-state index in [4.69, 9.17) is 4.74 Å². The monoisotopic (exact) mass is 226 g/mol. The summed E-state index contributed by atoms with van der Waals surface area (Å²) in [5, 5.41) is 4.18. The van der Waals surface area contributed by atoms with Gasteiger partial charge in [-0.1, -0.05) is 18.3 Å². The Morgan fingerprint density at radius 2 is 2.27 bits per heavy atom. The smallest absolute Gasteiger partial charge is 0.273 e. The molecular weight excluding hydrogens is 208 g/mol. The van der Waals surface area contributed by atoms with Gasteiger partial charge in [0, 0.05) is 11.4 Å². The van der Waals surface area contributed by atoms with E-state index in [2.05, 4.69) is 24.1 Å². The average Bonchev–Trinajstić information content (AvgIpc) is 2.50. The predicted molar refractivity (Wildman–Crippen MR) is 62.7 cm³/mol. The standard InChI is InChI=1S/C11H18N2OS/c1-7-4-5-12-6-10(7)14-11-13-8(2)9(3)15-11/h7,10,12H,4-6H2,1-3H3. The highest BCUT2D eigenvalue weighted by Crippen LogP contribution is 2.26. The molecule has 1 fully saturated rings. The van der Waals surface area contributed by atoms with Crippen LogP contribution < -0.4 is 10.1 Å². The predicted octanol–water partition coefficient (Wildman–Crippen LogP) is 2.14. The van der Waals surface area contributed by atoms with Crippen LogP contribution >= 0.6 is 11.3 Å². The van der Waals surface area contributed by atoms with E-state index < -0.39 is 0 Å². The van der Waals surface area contributed by atoms with E-state index >= 15 is 0 Å². The summed E-state index contributed by atoms with van der Waals surface area (Å²) in [6, 6.07) is 0. The fraction of sp³-hybridized carbons (Fsp3) is 0.727. The van der Waals surface area contributed by atoms with Crippen molar-refractivity contribution in [1.82, 2.24) is 10.3 Å². The molecule has 1 aliphatic heterocycles. The van der Waals surface area contributed by atoms with Gasteiger partial charge in [-0.2, -0.15) is 0 Å². The summed E-state index contributed by atoms with van der Waals surface area (Å²) in [5.74, 6) is 0.621. The van der Waals surface area contributed by atoms with Gasteiger partial charge in [0.05, 0.1) is 5.69 Å². The fourth-order valence-corrected chi connectivity index (χ4v) is 2.55. The number of aryl methyl sites for hydroxylation is 2. The van der Waals surface area contributed by atoms with Crippen LogP contribution in [0, 0.1) is 19.8 Å². The number of ether oxygens (including phenoxy) is 1. The number of thiazole rings is 1.